The molecule has 0 aliphatic heterocycles. The van der Waals surface area contributed by atoms with Gasteiger partial charge in [-0.25, -0.2) is 0 Å². The molecule has 2 heterocycles. The highest BCUT2D eigenvalue weighted by molar-refractivity contribution is 7.17. The van der Waals surface area contributed by atoms with Crippen LogP contribution in [0.3, 0.4) is 0 Å². The van der Waals surface area contributed by atoms with Crippen LogP contribution in [0.4, 0.5) is 5.69 Å². The van der Waals surface area contributed by atoms with Crippen LogP contribution in [-0.2, 0) is 4.79 Å². The lowest BCUT2D eigenvalue weighted by Gasteiger charge is -2.04. The maximum absolute atomic E-state index is 12.0. The van der Waals surface area contributed by atoms with Gasteiger partial charge in [0.1, 0.15) is 0 Å². The molecule has 0 radical (unpaired) electrons. The van der Waals surface area contributed by atoms with Gasteiger partial charge in [0.2, 0.25) is 5.91 Å². The van der Waals surface area contributed by atoms with Crippen molar-refractivity contribution in [3.05, 3.63) is 65.3 Å². The Labute approximate surface area is 127 Å². The first-order valence-corrected chi connectivity index (χ1v) is 7.48. The summed E-state index contributed by atoms with van der Waals surface area (Å²) in [5, 5.41) is 6.07. The van der Waals surface area contributed by atoms with E-state index in [0.717, 1.165) is 16.8 Å². The second-order valence-corrected chi connectivity index (χ2v) is 5.61. The van der Waals surface area contributed by atoms with Crippen molar-refractivity contribution in [2.24, 2.45) is 0 Å². The van der Waals surface area contributed by atoms with Gasteiger partial charge in [0.25, 0.3) is 0 Å². The lowest BCUT2D eigenvalue weighted by Crippen LogP contribution is -2.09. The van der Waals surface area contributed by atoms with E-state index < -0.39 is 0 Å². The minimum Gasteiger partial charge on any atom is -0.321 e. The SMILES string of the molecule is Cc1ccncc1NC(=O)/C=C/c1csc2ccccc12. The molecule has 21 heavy (non-hydrogen) atoms. The van der Waals surface area contributed by atoms with Gasteiger partial charge in [0.15, 0.2) is 0 Å². The molecule has 3 rings (SSSR count). The normalized spacial score (nSPS) is 11.1. The number of fused-ring (bicyclic) bond motifs is 1. The van der Waals surface area contributed by atoms with Gasteiger partial charge in [-0.2, -0.15) is 0 Å². The highest BCUT2D eigenvalue weighted by atomic mass is 32.1. The minimum absolute atomic E-state index is 0.151. The second-order valence-electron chi connectivity index (χ2n) is 4.70. The number of pyridine rings is 1. The first-order chi connectivity index (χ1) is 10.2. The molecule has 4 heteroatoms. The van der Waals surface area contributed by atoms with Crippen molar-refractivity contribution in [3.8, 4) is 0 Å². The van der Waals surface area contributed by atoms with Crippen molar-refractivity contribution in [1.29, 1.82) is 0 Å². The number of aryl methyl sites for hydroxylation is 1. The summed E-state index contributed by atoms with van der Waals surface area (Å²) < 4.78 is 1.22. The summed E-state index contributed by atoms with van der Waals surface area (Å²) in [6.45, 7) is 1.94. The molecule has 0 saturated heterocycles. The van der Waals surface area contributed by atoms with Crippen LogP contribution in [0.15, 0.2) is 54.2 Å². The lowest BCUT2D eigenvalue weighted by molar-refractivity contribution is -0.111. The molecular weight excluding hydrogens is 280 g/mol. The highest BCUT2D eigenvalue weighted by Crippen LogP contribution is 2.26. The number of thiophene rings is 1. The maximum atomic E-state index is 12.0. The van der Waals surface area contributed by atoms with Gasteiger partial charge in [-0.3, -0.25) is 9.78 Å². The van der Waals surface area contributed by atoms with Crippen LogP contribution in [-0.4, -0.2) is 10.9 Å². The van der Waals surface area contributed by atoms with Gasteiger partial charge in [0.05, 0.1) is 11.9 Å². The largest absolute Gasteiger partial charge is 0.321 e. The third-order valence-corrected chi connectivity index (χ3v) is 4.20. The van der Waals surface area contributed by atoms with Crippen molar-refractivity contribution in [2.45, 2.75) is 6.92 Å². The molecular formula is C17H14N2OS. The summed E-state index contributed by atoms with van der Waals surface area (Å²) in [6.07, 6.45) is 6.76. The standard InChI is InChI=1S/C17H14N2OS/c1-12-8-9-18-10-15(12)19-17(20)7-6-13-11-21-16-5-3-2-4-14(13)16/h2-11H,1H3,(H,19,20)/b7-6+. The molecule has 3 nitrogen and oxygen atoms in total. The summed E-state index contributed by atoms with van der Waals surface area (Å²) in [7, 11) is 0. The molecule has 0 bridgehead atoms. The number of benzene rings is 1. The highest BCUT2D eigenvalue weighted by Gasteiger charge is 2.03. The van der Waals surface area contributed by atoms with Gasteiger partial charge in [-0.05, 0) is 47.0 Å². The third-order valence-electron chi connectivity index (χ3n) is 3.22. The van der Waals surface area contributed by atoms with Gasteiger partial charge in [-0.15, -0.1) is 11.3 Å². The summed E-state index contributed by atoms with van der Waals surface area (Å²) in [6, 6.07) is 10.0. The fraction of sp³-hybridized carbons (Fsp3) is 0.0588. The van der Waals surface area contributed by atoms with Crippen molar-refractivity contribution in [3.63, 3.8) is 0 Å². The molecule has 2 aromatic heterocycles. The minimum atomic E-state index is -0.151. The number of aromatic nitrogens is 1. The van der Waals surface area contributed by atoms with Crippen LogP contribution < -0.4 is 5.32 Å². The monoisotopic (exact) mass is 294 g/mol. The Bertz CT molecular complexity index is 820. The number of nitrogens with one attached hydrogen (secondary N) is 1. The number of anilines is 1. The number of nitrogens with zero attached hydrogens (tertiary/aromatic N) is 1. The number of carbonyl (C=O) groups excluding carboxylic acids is 1. The van der Waals surface area contributed by atoms with Crippen LogP contribution >= 0.6 is 11.3 Å². The van der Waals surface area contributed by atoms with Gasteiger partial charge in [0, 0.05) is 17.0 Å². The molecule has 104 valence electrons. The Morgan fingerprint density at radius 3 is 3.00 bits per heavy atom. The number of amides is 1. The fourth-order valence-electron chi connectivity index (χ4n) is 2.06. The molecule has 3 aromatic rings. The Kier molecular flexibility index (Phi) is 3.79. The van der Waals surface area contributed by atoms with Crippen LogP contribution in [0.2, 0.25) is 0 Å². The third kappa shape index (κ3) is 3.01. The Balaban J connectivity index is 1.77. The van der Waals surface area contributed by atoms with Crippen LogP contribution in [0.25, 0.3) is 16.2 Å². The van der Waals surface area contributed by atoms with E-state index >= 15 is 0 Å². The quantitative estimate of drug-likeness (QED) is 0.733. The molecule has 0 fully saturated rings. The van der Waals surface area contributed by atoms with E-state index in [4.69, 9.17) is 0 Å². The predicted molar refractivity (Wildman–Crippen MR) is 88.5 cm³/mol. The summed E-state index contributed by atoms with van der Waals surface area (Å²) in [5.41, 5.74) is 2.80. The smallest absolute Gasteiger partial charge is 0.248 e. The number of rotatable bonds is 3. The first kappa shape index (κ1) is 13.5. The Morgan fingerprint density at radius 2 is 2.14 bits per heavy atom. The van der Waals surface area contributed by atoms with Crippen molar-refractivity contribution < 1.29 is 4.79 Å². The molecule has 1 N–H and O–H groups in total. The molecule has 0 saturated carbocycles. The lowest BCUT2D eigenvalue weighted by atomic mass is 10.1. The van der Waals surface area contributed by atoms with Crippen LogP contribution in [0, 0.1) is 6.92 Å². The van der Waals surface area contributed by atoms with Crippen LogP contribution in [0.5, 0.6) is 0 Å². The second kappa shape index (κ2) is 5.89. The van der Waals surface area contributed by atoms with E-state index in [1.165, 1.54) is 10.1 Å². The van der Waals surface area contributed by atoms with Crippen molar-refractivity contribution in [1.82, 2.24) is 4.98 Å². The zero-order chi connectivity index (χ0) is 14.7. The van der Waals surface area contributed by atoms with Gasteiger partial charge in [-0.1, -0.05) is 18.2 Å². The molecule has 1 amide bonds. The average Bonchev–Trinajstić information content (AvgIpc) is 2.91. The van der Waals surface area contributed by atoms with E-state index in [0.29, 0.717) is 0 Å². The van der Waals surface area contributed by atoms with Crippen molar-refractivity contribution in [2.75, 3.05) is 5.32 Å². The number of hydrogen-bond donors (Lipinski definition) is 1. The topological polar surface area (TPSA) is 42.0 Å². The van der Waals surface area contributed by atoms with Gasteiger partial charge < -0.3 is 5.32 Å². The molecule has 1 aromatic carbocycles. The van der Waals surface area contributed by atoms with E-state index in [-0.39, 0.29) is 5.91 Å². The first-order valence-electron chi connectivity index (χ1n) is 6.60. The summed E-state index contributed by atoms with van der Waals surface area (Å²) in [5.74, 6) is -0.151. The molecule has 0 atom stereocenters. The fourth-order valence-corrected chi connectivity index (χ4v) is 2.99. The molecule has 0 aliphatic carbocycles. The summed E-state index contributed by atoms with van der Waals surface area (Å²) >= 11 is 1.68. The zero-order valence-electron chi connectivity index (χ0n) is 11.5. The number of carbonyl (C=O) groups is 1. The zero-order valence-corrected chi connectivity index (χ0v) is 12.4. The molecule has 0 unspecified atom stereocenters. The van der Waals surface area contributed by atoms with Crippen LogP contribution in [0.1, 0.15) is 11.1 Å². The predicted octanol–water partition coefficient (Wildman–Crippen LogP) is 4.26. The van der Waals surface area contributed by atoms with E-state index in [1.54, 1.807) is 29.8 Å². The molecule has 0 aliphatic rings. The average molecular weight is 294 g/mol. The Morgan fingerprint density at radius 1 is 1.29 bits per heavy atom. The van der Waals surface area contributed by atoms with E-state index in [9.17, 15) is 4.79 Å². The maximum Gasteiger partial charge on any atom is 0.248 e. The van der Waals surface area contributed by atoms with E-state index in [2.05, 4.69) is 27.8 Å². The van der Waals surface area contributed by atoms with Crippen molar-refractivity contribution >= 4 is 39.1 Å². The van der Waals surface area contributed by atoms with Gasteiger partial charge >= 0.3 is 0 Å². The summed E-state index contributed by atoms with van der Waals surface area (Å²) in [4.78, 5) is 16.0. The number of hydrogen-bond acceptors (Lipinski definition) is 3. The Hall–Kier alpha value is -2.46. The molecule has 0 spiro atoms. The van der Waals surface area contributed by atoms with E-state index in [1.807, 2.05) is 31.2 Å².